The molecular weight excluding hydrogens is 285 g/mol. The van der Waals surface area contributed by atoms with Crippen molar-refractivity contribution in [1.82, 2.24) is 0 Å². The topological polar surface area (TPSA) is 14.1 Å². The Morgan fingerprint density at radius 3 is 2.93 bits per heavy atom. The smallest absolute Gasteiger partial charge is 0.211 e. The lowest BCUT2D eigenvalue weighted by molar-refractivity contribution is -0.348. The molecule has 14 heavy (non-hydrogen) atoms. The third kappa shape index (κ3) is 1.43. The van der Waals surface area contributed by atoms with Gasteiger partial charge in [-0.15, -0.1) is 0 Å². The van der Waals surface area contributed by atoms with E-state index in [1.54, 1.807) is 0 Å². The van der Waals surface area contributed by atoms with Crippen molar-refractivity contribution in [1.29, 1.82) is 0 Å². The zero-order chi connectivity index (χ0) is 8.67. The number of allylic oxidation sites excluding steroid dienone is 1. The van der Waals surface area contributed by atoms with Gasteiger partial charge in [0.1, 0.15) is 0 Å². The highest BCUT2D eigenvalue weighted by molar-refractivity contribution is 5.77. The number of H-pyrrole nitrogens is 1. The van der Waals surface area contributed by atoms with Gasteiger partial charge in [-0.2, -0.15) is 0 Å². The van der Waals surface area contributed by atoms with Crippen LogP contribution in [0.25, 0.3) is 17.0 Å². The Morgan fingerprint density at radius 1 is 1.14 bits per heavy atom. The Kier molecular flexibility index (Phi) is 2.54. The normalized spacial score (nSPS) is 12.6. The molecular formula is C12H10IN. The molecule has 1 aliphatic carbocycles. The first kappa shape index (κ1) is 9.65. The van der Waals surface area contributed by atoms with Crippen LogP contribution < -0.4 is 29.0 Å². The quantitative estimate of drug-likeness (QED) is 0.567. The molecule has 2 aromatic rings. The number of halogens is 1. The van der Waals surface area contributed by atoms with Crippen LogP contribution in [0.4, 0.5) is 0 Å². The molecule has 1 aromatic carbocycles. The van der Waals surface area contributed by atoms with Crippen LogP contribution in [0.15, 0.2) is 36.4 Å². The van der Waals surface area contributed by atoms with Crippen LogP contribution in [0.1, 0.15) is 11.3 Å². The van der Waals surface area contributed by atoms with Crippen molar-refractivity contribution in [3.05, 3.63) is 47.7 Å². The van der Waals surface area contributed by atoms with Gasteiger partial charge in [-0.05, 0) is 18.6 Å². The summed E-state index contributed by atoms with van der Waals surface area (Å²) >= 11 is 0. The monoisotopic (exact) mass is 295 g/mol. The average molecular weight is 295 g/mol. The van der Waals surface area contributed by atoms with Crippen LogP contribution in [0, 0.1) is 0 Å². The molecule has 0 amide bonds. The number of nitrogens with one attached hydrogen (secondary N) is 1. The Hall–Kier alpha value is -0.900. The van der Waals surface area contributed by atoms with Gasteiger partial charge in [0.2, 0.25) is 11.2 Å². The van der Waals surface area contributed by atoms with Gasteiger partial charge in [0.15, 0.2) is 0 Å². The molecule has 1 heterocycles. The fourth-order valence-electron chi connectivity index (χ4n) is 1.85. The van der Waals surface area contributed by atoms with Gasteiger partial charge in [-0.1, -0.05) is 18.2 Å². The second-order valence-corrected chi connectivity index (χ2v) is 3.40. The molecule has 3 rings (SSSR count). The summed E-state index contributed by atoms with van der Waals surface area (Å²) in [6, 6.07) is 10.7. The first-order chi connectivity index (χ1) is 6.43. The van der Waals surface area contributed by atoms with Gasteiger partial charge in [0, 0.05) is 23.1 Å². The highest BCUT2D eigenvalue weighted by atomic mass is 127. The van der Waals surface area contributed by atoms with Crippen molar-refractivity contribution in [2.75, 3.05) is 0 Å². The largest absolute Gasteiger partial charge is 1.00 e. The van der Waals surface area contributed by atoms with E-state index in [9.17, 15) is 0 Å². The van der Waals surface area contributed by atoms with Gasteiger partial charge in [0.05, 0.1) is 0 Å². The summed E-state index contributed by atoms with van der Waals surface area (Å²) in [7, 11) is 0. The van der Waals surface area contributed by atoms with Gasteiger partial charge < -0.3 is 24.0 Å². The van der Waals surface area contributed by atoms with E-state index in [0.717, 1.165) is 6.42 Å². The first-order valence-corrected chi connectivity index (χ1v) is 4.54. The Balaban J connectivity index is 0.000000750. The maximum atomic E-state index is 3.42. The summed E-state index contributed by atoms with van der Waals surface area (Å²) in [5.41, 5.74) is 3.88. The minimum atomic E-state index is 0. The van der Waals surface area contributed by atoms with Crippen LogP contribution in [0.5, 0.6) is 0 Å². The summed E-state index contributed by atoms with van der Waals surface area (Å²) in [5, 5.41) is 1.30. The van der Waals surface area contributed by atoms with Crippen LogP contribution in [0.3, 0.4) is 0 Å². The van der Waals surface area contributed by atoms with Crippen LogP contribution in [-0.4, -0.2) is 0 Å². The van der Waals surface area contributed by atoms with E-state index in [1.807, 2.05) is 0 Å². The Bertz CT molecular complexity index is 503. The number of aromatic nitrogens is 1. The number of aromatic amines is 1. The number of hydrogen-bond acceptors (Lipinski definition) is 0. The third-order valence-electron chi connectivity index (χ3n) is 2.53. The number of benzene rings is 1. The molecule has 0 fully saturated rings. The minimum absolute atomic E-state index is 0. The summed E-state index contributed by atoms with van der Waals surface area (Å²) < 4.78 is 0. The van der Waals surface area contributed by atoms with Crippen molar-refractivity contribution in [3.63, 3.8) is 0 Å². The zero-order valence-corrected chi connectivity index (χ0v) is 9.78. The number of fused-ring (bicyclic) bond motifs is 2. The van der Waals surface area contributed by atoms with Gasteiger partial charge >= 0.3 is 0 Å². The first-order valence-electron chi connectivity index (χ1n) is 4.54. The summed E-state index contributed by atoms with van der Waals surface area (Å²) in [4.78, 5) is 3.42. The van der Waals surface area contributed by atoms with E-state index < -0.39 is 0 Å². The molecule has 0 radical (unpaired) electrons. The van der Waals surface area contributed by atoms with E-state index in [1.165, 1.54) is 22.2 Å². The maximum Gasteiger partial charge on any atom is 0.211 e. The molecule has 0 aliphatic heterocycles. The molecule has 0 saturated carbocycles. The Morgan fingerprint density at radius 2 is 2.00 bits per heavy atom. The lowest BCUT2D eigenvalue weighted by atomic mass is 10.1. The van der Waals surface area contributed by atoms with Crippen molar-refractivity contribution in [3.8, 4) is 0 Å². The van der Waals surface area contributed by atoms with Crippen LogP contribution in [-0.2, 0) is 6.42 Å². The highest BCUT2D eigenvalue weighted by Crippen LogP contribution is 2.19. The van der Waals surface area contributed by atoms with Gasteiger partial charge in [0.25, 0.3) is 0 Å². The van der Waals surface area contributed by atoms with Gasteiger partial charge in [-0.3, -0.25) is 0 Å². The summed E-state index contributed by atoms with van der Waals surface area (Å²) in [6.45, 7) is 0. The Labute approximate surface area is 99.9 Å². The van der Waals surface area contributed by atoms with E-state index in [-0.39, 0.29) is 24.0 Å². The number of pyridine rings is 1. The molecule has 1 N–H and O–H groups in total. The summed E-state index contributed by atoms with van der Waals surface area (Å²) in [5.74, 6) is 0. The SMILES string of the molecule is C1=Cc2[nH+]c3ccccc3cc2C1.[I-]. The molecule has 1 aliphatic rings. The van der Waals surface area contributed by atoms with E-state index in [0.29, 0.717) is 0 Å². The molecule has 0 spiro atoms. The van der Waals surface area contributed by atoms with Gasteiger partial charge in [-0.25, -0.2) is 4.98 Å². The molecule has 2 heteroatoms. The molecule has 1 nitrogen and oxygen atoms in total. The molecule has 0 unspecified atom stereocenters. The second kappa shape index (κ2) is 3.69. The van der Waals surface area contributed by atoms with Crippen molar-refractivity contribution >= 4 is 17.0 Å². The zero-order valence-electron chi connectivity index (χ0n) is 7.63. The van der Waals surface area contributed by atoms with Crippen molar-refractivity contribution in [2.24, 2.45) is 0 Å². The fourth-order valence-corrected chi connectivity index (χ4v) is 1.85. The lowest BCUT2D eigenvalue weighted by Gasteiger charge is -1.95. The number of rotatable bonds is 0. The number of hydrogen-bond donors (Lipinski definition) is 0. The van der Waals surface area contributed by atoms with E-state index in [2.05, 4.69) is 47.5 Å². The third-order valence-corrected chi connectivity index (χ3v) is 2.53. The van der Waals surface area contributed by atoms with Crippen molar-refractivity contribution in [2.45, 2.75) is 6.42 Å². The molecule has 1 aromatic heterocycles. The average Bonchev–Trinajstić information content (AvgIpc) is 2.61. The van der Waals surface area contributed by atoms with Crippen LogP contribution >= 0.6 is 0 Å². The van der Waals surface area contributed by atoms with E-state index >= 15 is 0 Å². The highest BCUT2D eigenvalue weighted by Gasteiger charge is 2.12. The minimum Gasteiger partial charge on any atom is -1.00 e. The van der Waals surface area contributed by atoms with Crippen molar-refractivity contribution < 1.29 is 29.0 Å². The fraction of sp³-hybridized carbons (Fsp3) is 0.0833. The molecule has 0 saturated heterocycles. The molecule has 0 atom stereocenters. The molecule has 70 valence electrons. The van der Waals surface area contributed by atoms with Crippen LogP contribution in [0.2, 0.25) is 0 Å². The lowest BCUT2D eigenvalue weighted by Crippen LogP contribution is -3.00. The maximum absolute atomic E-state index is 3.42. The standard InChI is InChI=1S/C12H9N.HI/c1-2-6-11-9(4-1)8-10-5-3-7-12(10)13-11;/h1-4,6-8H,5H2;1H. The predicted octanol–water partition coefficient (Wildman–Crippen LogP) is -0.773. The molecule has 0 bridgehead atoms. The summed E-state index contributed by atoms with van der Waals surface area (Å²) in [6.07, 6.45) is 5.42. The predicted molar refractivity (Wildman–Crippen MR) is 53.2 cm³/mol. The number of para-hydroxylation sites is 1. The van der Waals surface area contributed by atoms with E-state index in [4.69, 9.17) is 0 Å². The second-order valence-electron chi connectivity index (χ2n) is 3.40.